The van der Waals surface area contributed by atoms with Gasteiger partial charge in [-0.3, -0.25) is 0 Å². The molecule has 0 amide bonds. The first-order valence-corrected chi connectivity index (χ1v) is 6.75. The summed E-state index contributed by atoms with van der Waals surface area (Å²) < 4.78 is 0. The molecule has 0 aromatic heterocycles. The van der Waals surface area contributed by atoms with E-state index in [2.05, 4.69) is 0 Å². The minimum absolute atomic E-state index is 0.223. The molecule has 110 valence electrons. The predicted octanol–water partition coefficient (Wildman–Crippen LogP) is 2.73. The van der Waals surface area contributed by atoms with Crippen LogP contribution in [0, 0.1) is 0 Å². The average molecular weight is 285 g/mol. The molecule has 0 aliphatic carbocycles. The fourth-order valence-corrected chi connectivity index (χ4v) is 2.12. The Labute approximate surface area is 124 Å². The summed E-state index contributed by atoms with van der Waals surface area (Å²) in [6, 6.07) is 14.3. The quantitative estimate of drug-likeness (QED) is 0.886. The zero-order valence-corrected chi connectivity index (χ0v) is 12.2. The molecule has 0 heterocycles. The zero-order chi connectivity index (χ0) is 15.4. The van der Waals surface area contributed by atoms with Crippen molar-refractivity contribution >= 4 is 11.7 Å². The first kappa shape index (κ1) is 15.1. The molecule has 4 nitrogen and oxygen atoms in total. The fraction of sp³-hybridized carbons (Fsp3) is 0.235. The highest BCUT2D eigenvalue weighted by Crippen LogP contribution is 2.20. The van der Waals surface area contributed by atoms with Gasteiger partial charge in [0.1, 0.15) is 0 Å². The number of carbonyl (C=O) groups is 1. The van der Waals surface area contributed by atoms with Crippen molar-refractivity contribution in [2.75, 3.05) is 19.0 Å². The van der Waals surface area contributed by atoms with E-state index in [-0.39, 0.29) is 5.56 Å². The number of hydrogen-bond acceptors (Lipinski definition) is 3. The number of aliphatic hydroxyl groups is 1. The van der Waals surface area contributed by atoms with Crippen molar-refractivity contribution in [3.8, 4) is 0 Å². The third-order valence-electron chi connectivity index (χ3n) is 3.42. The van der Waals surface area contributed by atoms with Gasteiger partial charge in [-0.25, -0.2) is 4.79 Å². The van der Waals surface area contributed by atoms with Crippen LogP contribution in [0.25, 0.3) is 0 Å². The maximum atomic E-state index is 10.8. The lowest BCUT2D eigenvalue weighted by molar-refractivity contribution is 0.0696. The summed E-state index contributed by atoms with van der Waals surface area (Å²) in [5, 5.41) is 19.1. The molecule has 0 saturated heterocycles. The van der Waals surface area contributed by atoms with Crippen LogP contribution < -0.4 is 4.90 Å². The molecule has 4 heteroatoms. The van der Waals surface area contributed by atoms with Crippen molar-refractivity contribution in [3.63, 3.8) is 0 Å². The lowest BCUT2D eigenvalue weighted by Gasteiger charge is -2.14. The number of hydrogen-bond donors (Lipinski definition) is 2. The molecule has 2 aromatic carbocycles. The largest absolute Gasteiger partial charge is 0.478 e. The Hall–Kier alpha value is -2.33. The lowest BCUT2D eigenvalue weighted by atomic mass is 10.00. The third kappa shape index (κ3) is 3.83. The highest BCUT2D eigenvalue weighted by Gasteiger charge is 2.10. The fourth-order valence-electron chi connectivity index (χ4n) is 2.12. The zero-order valence-electron chi connectivity index (χ0n) is 12.2. The Kier molecular flexibility index (Phi) is 4.60. The van der Waals surface area contributed by atoms with Crippen molar-refractivity contribution in [3.05, 3.63) is 65.2 Å². The summed E-state index contributed by atoms with van der Waals surface area (Å²) in [5.41, 5.74) is 3.09. The average Bonchev–Trinajstić information content (AvgIpc) is 2.47. The second kappa shape index (κ2) is 6.41. The summed E-state index contributed by atoms with van der Waals surface area (Å²) in [6.07, 6.45) is -0.141. The monoisotopic (exact) mass is 285 g/mol. The van der Waals surface area contributed by atoms with Crippen molar-refractivity contribution in [1.29, 1.82) is 0 Å². The maximum Gasteiger partial charge on any atom is 0.335 e. The Morgan fingerprint density at radius 3 is 2.10 bits per heavy atom. The van der Waals surface area contributed by atoms with E-state index in [1.807, 2.05) is 43.3 Å². The molecule has 0 aliphatic rings. The Morgan fingerprint density at radius 1 is 1.05 bits per heavy atom. The maximum absolute atomic E-state index is 10.8. The van der Waals surface area contributed by atoms with E-state index < -0.39 is 12.1 Å². The number of carboxylic acid groups (broad SMARTS) is 1. The van der Waals surface area contributed by atoms with Crippen molar-refractivity contribution in [2.45, 2.75) is 12.5 Å². The number of benzene rings is 2. The topological polar surface area (TPSA) is 60.8 Å². The number of aliphatic hydroxyl groups excluding tert-OH is 1. The van der Waals surface area contributed by atoms with Gasteiger partial charge in [-0.05, 0) is 35.4 Å². The van der Waals surface area contributed by atoms with E-state index in [9.17, 15) is 9.90 Å². The molecule has 1 unspecified atom stereocenters. The van der Waals surface area contributed by atoms with Crippen LogP contribution in [-0.4, -0.2) is 30.3 Å². The second-order valence-electron chi connectivity index (χ2n) is 5.21. The summed E-state index contributed by atoms with van der Waals surface area (Å²) in [5.74, 6) is -0.963. The Balaban J connectivity index is 2.06. The van der Waals surface area contributed by atoms with E-state index in [0.29, 0.717) is 6.42 Å². The standard InChI is InChI=1S/C17H19NO3/c1-18(2)15-9-3-12(4-10-15)11-16(19)13-5-7-14(8-6-13)17(20)21/h3-10,16,19H,11H2,1-2H3,(H,20,21). The molecule has 0 fully saturated rings. The van der Waals surface area contributed by atoms with E-state index in [1.165, 1.54) is 12.1 Å². The number of rotatable bonds is 5. The summed E-state index contributed by atoms with van der Waals surface area (Å²) >= 11 is 0. The van der Waals surface area contributed by atoms with Crippen molar-refractivity contribution in [1.82, 2.24) is 0 Å². The van der Waals surface area contributed by atoms with Gasteiger partial charge >= 0.3 is 5.97 Å². The van der Waals surface area contributed by atoms with Gasteiger partial charge in [-0.15, -0.1) is 0 Å². The Morgan fingerprint density at radius 2 is 1.62 bits per heavy atom. The summed E-state index contributed by atoms with van der Waals surface area (Å²) in [6.45, 7) is 0. The molecular weight excluding hydrogens is 266 g/mol. The molecule has 0 radical (unpaired) electrons. The molecule has 1 atom stereocenters. The molecule has 2 rings (SSSR count). The van der Waals surface area contributed by atoms with Gasteiger partial charge in [-0.2, -0.15) is 0 Å². The van der Waals surface area contributed by atoms with Gasteiger partial charge in [0.25, 0.3) is 0 Å². The van der Waals surface area contributed by atoms with E-state index in [1.54, 1.807) is 12.1 Å². The van der Waals surface area contributed by atoms with E-state index >= 15 is 0 Å². The van der Waals surface area contributed by atoms with Gasteiger partial charge in [0.15, 0.2) is 0 Å². The molecule has 21 heavy (non-hydrogen) atoms. The normalized spacial score (nSPS) is 12.0. The van der Waals surface area contributed by atoms with E-state index in [0.717, 1.165) is 16.8 Å². The number of nitrogens with zero attached hydrogens (tertiary/aromatic N) is 1. The Bertz CT molecular complexity index is 603. The van der Waals surface area contributed by atoms with Crippen molar-refractivity contribution < 1.29 is 15.0 Å². The van der Waals surface area contributed by atoms with Crippen LogP contribution >= 0.6 is 0 Å². The van der Waals surface area contributed by atoms with Crippen LogP contribution in [0.15, 0.2) is 48.5 Å². The van der Waals surface area contributed by atoms with Crippen LogP contribution in [0.4, 0.5) is 5.69 Å². The van der Waals surface area contributed by atoms with Gasteiger partial charge < -0.3 is 15.1 Å². The second-order valence-corrected chi connectivity index (χ2v) is 5.21. The van der Waals surface area contributed by atoms with Gasteiger partial charge in [0.05, 0.1) is 11.7 Å². The third-order valence-corrected chi connectivity index (χ3v) is 3.42. The van der Waals surface area contributed by atoms with Crippen LogP contribution in [0.5, 0.6) is 0 Å². The van der Waals surface area contributed by atoms with Gasteiger partial charge in [0, 0.05) is 26.2 Å². The van der Waals surface area contributed by atoms with Crippen LogP contribution in [0.3, 0.4) is 0 Å². The SMILES string of the molecule is CN(C)c1ccc(CC(O)c2ccc(C(=O)O)cc2)cc1. The minimum atomic E-state index is -0.963. The van der Waals surface area contributed by atoms with Crippen molar-refractivity contribution in [2.24, 2.45) is 0 Å². The van der Waals surface area contributed by atoms with E-state index in [4.69, 9.17) is 5.11 Å². The first-order valence-electron chi connectivity index (χ1n) is 6.75. The lowest BCUT2D eigenvalue weighted by Crippen LogP contribution is -2.08. The molecule has 2 N–H and O–H groups in total. The van der Waals surface area contributed by atoms with Gasteiger partial charge in [0.2, 0.25) is 0 Å². The summed E-state index contributed by atoms with van der Waals surface area (Å²) in [4.78, 5) is 12.8. The molecule has 0 bridgehead atoms. The van der Waals surface area contributed by atoms with Gasteiger partial charge in [-0.1, -0.05) is 24.3 Å². The highest BCUT2D eigenvalue weighted by molar-refractivity contribution is 5.87. The minimum Gasteiger partial charge on any atom is -0.478 e. The van der Waals surface area contributed by atoms with Crippen LogP contribution in [0.2, 0.25) is 0 Å². The number of aromatic carboxylic acids is 1. The predicted molar refractivity (Wildman–Crippen MR) is 82.8 cm³/mol. The first-order chi connectivity index (χ1) is 9.97. The molecule has 0 aliphatic heterocycles. The molecule has 2 aromatic rings. The van der Waals surface area contributed by atoms with Crippen LogP contribution in [-0.2, 0) is 6.42 Å². The molecule has 0 spiro atoms. The number of carboxylic acids is 1. The molecular formula is C17H19NO3. The highest BCUT2D eigenvalue weighted by atomic mass is 16.4. The van der Waals surface area contributed by atoms with Crippen LogP contribution in [0.1, 0.15) is 27.6 Å². The smallest absolute Gasteiger partial charge is 0.335 e. The summed E-state index contributed by atoms with van der Waals surface area (Å²) in [7, 11) is 3.96. The number of anilines is 1. The molecule has 0 saturated carbocycles.